The molecule has 0 unspecified atom stereocenters. The molecule has 0 aromatic heterocycles. The lowest BCUT2D eigenvalue weighted by Crippen LogP contribution is -2.44. The van der Waals surface area contributed by atoms with Crippen LogP contribution in [0.1, 0.15) is 0 Å². The maximum atomic E-state index is 11.4. The number of likely N-dealkylation sites (N-methyl/N-ethyl adjacent to an activating group) is 1. The fourth-order valence-corrected chi connectivity index (χ4v) is 2.45. The summed E-state index contributed by atoms with van der Waals surface area (Å²) in [7, 11) is 2.11. The van der Waals surface area contributed by atoms with Crippen LogP contribution in [0.15, 0.2) is 12.1 Å². The minimum atomic E-state index is -0.124. The van der Waals surface area contributed by atoms with E-state index in [-0.39, 0.29) is 12.5 Å². The zero-order chi connectivity index (χ0) is 13.4. The fraction of sp³-hybridized carbons (Fsp3) is 0.462. The van der Waals surface area contributed by atoms with Crippen LogP contribution in [-0.4, -0.2) is 50.6 Å². The SMILES string of the molecule is CN1CCN(c2cc3c(cc2N)OCC(=O)N3)CC1. The standard InChI is InChI=1S/C13H18N4O2/c1-16-2-4-17(5-3-16)11-7-10-12(6-9(11)14)19-8-13(18)15-10/h6-7H,2-5,8,14H2,1H3,(H,15,18). The normalized spacial score (nSPS) is 19.6. The number of nitrogens with one attached hydrogen (secondary N) is 1. The lowest BCUT2D eigenvalue weighted by atomic mass is 10.1. The highest BCUT2D eigenvalue weighted by Gasteiger charge is 2.21. The molecular formula is C13H18N4O2. The van der Waals surface area contributed by atoms with Gasteiger partial charge in [0.25, 0.3) is 5.91 Å². The summed E-state index contributed by atoms with van der Waals surface area (Å²) < 4.78 is 5.36. The molecule has 0 aliphatic carbocycles. The van der Waals surface area contributed by atoms with Crippen molar-refractivity contribution in [3.8, 4) is 5.75 Å². The van der Waals surface area contributed by atoms with Crippen molar-refractivity contribution in [3.05, 3.63) is 12.1 Å². The predicted molar refractivity (Wildman–Crippen MR) is 74.7 cm³/mol. The third kappa shape index (κ3) is 2.31. The Labute approximate surface area is 112 Å². The van der Waals surface area contributed by atoms with Crippen LogP contribution >= 0.6 is 0 Å². The second-order valence-electron chi connectivity index (χ2n) is 5.03. The van der Waals surface area contributed by atoms with E-state index < -0.39 is 0 Å². The number of piperazine rings is 1. The van der Waals surface area contributed by atoms with Crippen molar-refractivity contribution in [1.29, 1.82) is 0 Å². The van der Waals surface area contributed by atoms with E-state index in [1.165, 1.54) is 0 Å². The zero-order valence-corrected chi connectivity index (χ0v) is 11.0. The largest absolute Gasteiger partial charge is 0.482 e. The Morgan fingerprint density at radius 1 is 1.26 bits per heavy atom. The number of nitrogens with zero attached hydrogens (tertiary/aromatic N) is 2. The number of benzene rings is 1. The van der Waals surface area contributed by atoms with Gasteiger partial charge in [0.05, 0.1) is 17.1 Å². The predicted octanol–water partition coefficient (Wildman–Crippen LogP) is 0.351. The van der Waals surface area contributed by atoms with Crippen LogP contribution in [0.4, 0.5) is 17.1 Å². The summed E-state index contributed by atoms with van der Waals surface area (Å²) in [6.45, 7) is 3.96. The average molecular weight is 262 g/mol. The van der Waals surface area contributed by atoms with Gasteiger partial charge in [0, 0.05) is 32.2 Å². The first-order valence-corrected chi connectivity index (χ1v) is 6.43. The Hall–Kier alpha value is -1.95. The molecule has 19 heavy (non-hydrogen) atoms. The van der Waals surface area contributed by atoms with Gasteiger partial charge in [-0.15, -0.1) is 0 Å². The minimum absolute atomic E-state index is 0.0558. The second-order valence-corrected chi connectivity index (χ2v) is 5.03. The van der Waals surface area contributed by atoms with Crippen LogP contribution < -0.4 is 20.7 Å². The van der Waals surface area contributed by atoms with Crippen LogP contribution in [0.5, 0.6) is 5.75 Å². The Kier molecular flexibility index (Phi) is 2.94. The molecule has 1 amide bonds. The van der Waals surface area contributed by atoms with Crippen molar-refractivity contribution in [2.75, 3.05) is 55.8 Å². The van der Waals surface area contributed by atoms with Crippen molar-refractivity contribution in [3.63, 3.8) is 0 Å². The second kappa shape index (κ2) is 4.62. The third-order valence-electron chi connectivity index (χ3n) is 3.61. The van der Waals surface area contributed by atoms with Crippen LogP contribution in [0.2, 0.25) is 0 Å². The third-order valence-corrected chi connectivity index (χ3v) is 3.61. The van der Waals surface area contributed by atoms with E-state index in [1.807, 2.05) is 6.07 Å². The van der Waals surface area contributed by atoms with Crippen molar-refractivity contribution in [1.82, 2.24) is 4.90 Å². The summed E-state index contributed by atoms with van der Waals surface area (Å²) in [6.07, 6.45) is 0. The molecule has 0 spiro atoms. The first kappa shape index (κ1) is 12.1. The van der Waals surface area contributed by atoms with Crippen LogP contribution in [-0.2, 0) is 4.79 Å². The number of rotatable bonds is 1. The molecule has 6 nitrogen and oxygen atoms in total. The van der Waals surface area contributed by atoms with Crippen molar-refractivity contribution < 1.29 is 9.53 Å². The Morgan fingerprint density at radius 3 is 2.74 bits per heavy atom. The summed E-state index contributed by atoms with van der Waals surface area (Å²) in [6, 6.07) is 3.70. The van der Waals surface area contributed by atoms with Gasteiger partial charge < -0.3 is 25.6 Å². The topological polar surface area (TPSA) is 70.8 Å². The quantitative estimate of drug-likeness (QED) is 0.715. The van der Waals surface area contributed by atoms with Crippen molar-refractivity contribution >= 4 is 23.0 Å². The van der Waals surface area contributed by atoms with E-state index in [2.05, 4.69) is 22.2 Å². The molecule has 2 heterocycles. The highest BCUT2D eigenvalue weighted by Crippen LogP contribution is 2.37. The highest BCUT2D eigenvalue weighted by molar-refractivity contribution is 5.97. The molecule has 1 saturated heterocycles. The molecule has 0 atom stereocenters. The Bertz CT molecular complexity index is 510. The summed E-state index contributed by atoms with van der Waals surface area (Å²) in [5.74, 6) is 0.525. The number of ether oxygens (including phenoxy) is 1. The van der Waals surface area contributed by atoms with Gasteiger partial charge in [-0.2, -0.15) is 0 Å². The molecule has 102 valence electrons. The van der Waals surface area contributed by atoms with Gasteiger partial charge >= 0.3 is 0 Å². The lowest BCUT2D eigenvalue weighted by Gasteiger charge is -2.35. The van der Waals surface area contributed by atoms with Gasteiger partial charge in [-0.25, -0.2) is 0 Å². The summed E-state index contributed by atoms with van der Waals surface area (Å²) in [4.78, 5) is 15.9. The van der Waals surface area contributed by atoms with E-state index >= 15 is 0 Å². The van der Waals surface area contributed by atoms with Gasteiger partial charge in [-0.3, -0.25) is 4.79 Å². The van der Waals surface area contributed by atoms with Gasteiger partial charge in [-0.1, -0.05) is 0 Å². The van der Waals surface area contributed by atoms with E-state index in [0.717, 1.165) is 31.9 Å². The fourth-order valence-electron chi connectivity index (χ4n) is 2.45. The number of hydrogen-bond acceptors (Lipinski definition) is 5. The first-order valence-electron chi connectivity index (χ1n) is 6.43. The smallest absolute Gasteiger partial charge is 0.262 e. The van der Waals surface area contributed by atoms with E-state index in [0.29, 0.717) is 17.1 Å². The molecule has 3 N–H and O–H groups in total. The maximum absolute atomic E-state index is 11.4. The molecule has 1 fully saturated rings. The van der Waals surface area contributed by atoms with Gasteiger partial charge in [0.15, 0.2) is 6.61 Å². The molecule has 0 radical (unpaired) electrons. The molecule has 6 heteroatoms. The van der Waals surface area contributed by atoms with Crippen LogP contribution in [0.3, 0.4) is 0 Å². The summed E-state index contributed by atoms with van der Waals surface area (Å²) in [5, 5.41) is 2.82. The molecule has 3 rings (SSSR count). The van der Waals surface area contributed by atoms with Crippen LogP contribution in [0, 0.1) is 0 Å². The van der Waals surface area contributed by atoms with Crippen molar-refractivity contribution in [2.45, 2.75) is 0 Å². The van der Waals surface area contributed by atoms with Crippen molar-refractivity contribution in [2.24, 2.45) is 0 Å². The Morgan fingerprint density at radius 2 is 2.00 bits per heavy atom. The van der Waals surface area contributed by atoms with Crippen LogP contribution in [0.25, 0.3) is 0 Å². The molecule has 0 saturated carbocycles. The molecule has 1 aromatic rings. The lowest BCUT2D eigenvalue weighted by molar-refractivity contribution is -0.118. The Balaban J connectivity index is 1.89. The molecule has 2 aliphatic rings. The summed E-state index contributed by atoms with van der Waals surface area (Å²) >= 11 is 0. The number of carbonyl (C=O) groups is 1. The van der Waals surface area contributed by atoms with Gasteiger partial charge in [0.1, 0.15) is 5.75 Å². The highest BCUT2D eigenvalue weighted by atomic mass is 16.5. The van der Waals surface area contributed by atoms with E-state index in [9.17, 15) is 4.79 Å². The van der Waals surface area contributed by atoms with Gasteiger partial charge in [0.2, 0.25) is 0 Å². The molecule has 2 aliphatic heterocycles. The number of anilines is 3. The molecule has 1 aromatic carbocycles. The number of amides is 1. The number of nitrogens with two attached hydrogens (primary N) is 1. The van der Waals surface area contributed by atoms with Gasteiger partial charge in [-0.05, 0) is 13.1 Å². The van der Waals surface area contributed by atoms with E-state index in [4.69, 9.17) is 10.5 Å². The maximum Gasteiger partial charge on any atom is 0.262 e. The number of fused-ring (bicyclic) bond motifs is 1. The zero-order valence-electron chi connectivity index (χ0n) is 11.0. The number of hydrogen-bond donors (Lipinski definition) is 2. The first-order chi connectivity index (χ1) is 9.13. The van der Waals surface area contributed by atoms with E-state index in [1.54, 1.807) is 6.07 Å². The monoisotopic (exact) mass is 262 g/mol. The number of carbonyl (C=O) groups excluding carboxylic acids is 1. The average Bonchev–Trinajstić information content (AvgIpc) is 2.40. The molecular weight excluding hydrogens is 244 g/mol. The summed E-state index contributed by atoms with van der Waals surface area (Å²) in [5.41, 5.74) is 8.47. The minimum Gasteiger partial charge on any atom is -0.482 e. The number of nitrogen functional groups attached to an aromatic ring is 1. The molecule has 0 bridgehead atoms.